The van der Waals surface area contributed by atoms with Crippen LogP contribution in [0.5, 0.6) is 0 Å². The second-order valence-corrected chi connectivity index (χ2v) is 10.2. The van der Waals surface area contributed by atoms with E-state index < -0.39 is 34.8 Å². The SMILES string of the molecule is CC1=NN(c2ccccc2)C(=O)[C@@]12[C@H](c1ccccc1)[C@@H]([N+](=O)[O-])[C@H](c1ccc(Cl)cc1)C[C@@]2(C)O. The third-order valence-electron chi connectivity index (χ3n) is 7.74. The summed E-state index contributed by atoms with van der Waals surface area (Å²) in [6.45, 7) is 3.29. The topological polar surface area (TPSA) is 96.0 Å². The quantitative estimate of drug-likeness (QED) is 0.380. The lowest BCUT2D eigenvalue weighted by Gasteiger charge is -2.53. The van der Waals surface area contributed by atoms with Gasteiger partial charge >= 0.3 is 0 Å². The maximum atomic E-state index is 14.4. The van der Waals surface area contributed by atoms with Crippen molar-refractivity contribution in [1.82, 2.24) is 0 Å². The first-order valence-corrected chi connectivity index (χ1v) is 12.2. The number of rotatable bonds is 4. The number of hydrogen-bond acceptors (Lipinski definition) is 5. The molecular formula is C28H26ClN3O4. The summed E-state index contributed by atoms with van der Waals surface area (Å²) in [4.78, 5) is 26.9. The summed E-state index contributed by atoms with van der Waals surface area (Å²) in [7, 11) is 0. The van der Waals surface area contributed by atoms with E-state index >= 15 is 0 Å². The average Bonchev–Trinajstić information content (AvgIpc) is 3.13. The highest BCUT2D eigenvalue weighted by atomic mass is 35.5. The van der Waals surface area contributed by atoms with Crippen LogP contribution < -0.4 is 5.01 Å². The van der Waals surface area contributed by atoms with Crippen molar-refractivity contribution >= 4 is 28.9 Å². The number of nitro groups is 1. The second kappa shape index (κ2) is 8.84. The zero-order chi connectivity index (χ0) is 25.7. The number of hydrogen-bond donors (Lipinski definition) is 1. The molecule has 0 radical (unpaired) electrons. The first-order chi connectivity index (χ1) is 17.2. The lowest BCUT2D eigenvalue weighted by Crippen LogP contribution is -2.66. The molecule has 1 aliphatic heterocycles. The highest BCUT2D eigenvalue weighted by molar-refractivity contribution is 6.30. The fraction of sp³-hybridized carbons (Fsp3) is 0.286. The van der Waals surface area contributed by atoms with Gasteiger partial charge in [-0.2, -0.15) is 10.1 Å². The minimum Gasteiger partial charge on any atom is -0.389 e. The Morgan fingerprint density at radius 1 is 1.00 bits per heavy atom. The highest BCUT2D eigenvalue weighted by Crippen LogP contribution is 2.61. The fourth-order valence-corrected chi connectivity index (χ4v) is 6.38. The van der Waals surface area contributed by atoms with E-state index in [0.717, 1.165) is 0 Å². The highest BCUT2D eigenvalue weighted by Gasteiger charge is 2.72. The molecule has 0 saturated heterocycles. The van der Waals surface area contributed by atoms with Crippen molar-refractivity contribution in [3.8, 4) is 0 Å². The number of benzene rings is 3. The van der Waals surface area contributed by atoms with E-state index in [1.807, 2.05) is 12.1 Å². The summed E-state index contributed by atoms with van der Waals surface area (Å²) < 4.78 is 0. The molecule has 1 N–H and O–H groups in total. The van der Waals surface area contributed by atoms with Gasteiger partial charge in [0, 0.05) is 9.95 Å². The Labute approximate surface area is 214 Å². The molecule has 1 spiro atoms. The Bertz CT molecular complexity index is 1330. The summed E-state index contributed by atoms with van der Waals surface area (Å²) in [5, 5.41) is 31.4. The first-order valence-electron chi connectivity index (χ1n) is 11.8. The standard InChI is InChI=1S/C28H26ClN3O4/c1-18-28(26(33)31(30-18)22-11-7-4-8-12-22)24(20-9-5-3-6-10-20)25(32(35)36)23(17-27(28,2)34)19-13-15-21(29)16-14-19/h3-16,23-25,34H,17H2,1-2H3/t23-,24+,25-,27+,28-/m0/s1. The van der Waals surface area contributed by atoms with Gasteiger partial charge in [0.05, 0.1) is 28.8 Å². The van der Waals surface area contributed by atoms with Crippen LogP contribution in [0.1, 0.15) is 43.2 Å². The molecule has 5 rings (SSSR count). The largest absolute Gasteiger partial charge is 0.389 e. The third-order valence-corrected chi connectivity index (χ3v) is 7.99. The van der Waals surface area contributed by atoms with Gasteiger partial charge in [0.1, 0.15) is 5.41 Å². The third kappa shape index (κ3) is 3.53. The smallest absolute Gasteiger partial charge is 0.263 e. The molecule has 3 aromatic rings. The van der Waals surface area contributed by atoms with Gasteiger partial charge in [-0.25, -0.2) is 0 Å². The fourth-order valence-electron chi connectivity index (χ4n) is 6.25. The van der Waals surface area contributed by atoms with Gasteiger partial charge in [0.2, 0.25) is 6.04 Å². The molecular weight excluding hydrogens is 478 g/mol. The van der Waals surface area contributed by atoms with Gasteiger partial charge in [-0.05, 0) is 55.7 Å². The number of carbonyl (C=O) groups excluding carboxylic acids is 1. The van der Waals surface area contributed by atoms with Crippen LogP contribution >= 0.6 is 11.6 Å². The Morgan fingerprint density at radius 3 is 2.17 bits per heavy atom. The predicted molar refractivity (Wildman–Crippen MR) is 139 cm³/mol. The molecule has 5 atom stereocenters. The Morgan fingerprint density at radius 2 is 1.58 bits per heavy atom. The molecule has 184 valence electrons. The predicted octanol–water partition coefficient (Wildman–Crippen LogP) is 5.42. The lowest BCUT2D eigenvalue weighted by atomic mass is 9.49. The summed E-state index contributed by atoms with van der Waals surface area (Å²) in [6.07, 6.45) is 0.00480. The van der Waals surface area contributed by atoms with Crippen LogP contribution in [0, 0.1) is 15.5 Å². The first kappa shape index (κ1) is 24.2. The van der Waals surface area contributed by atoms with Crippen LogP contribution in [0.4, 0.5) is 5.69 Å². The van der Waals surface area contributed by atoms with E-state index in [9.17, 15) is 20.0 Å². The minimum absolute atomic E-state index is 0.00480. The number of para-hydroxylation sites is 1. The van der Waals surface area contributed by atoms with Gasteiger partial charge in [-0.3, -0.25) is 14.9 Å². The second-order valence-electron chi connectivity index (χ2n) is 9.75. The number of hydrazone groups is 1. The molecule has 3 aromatic carbocycles. The molecule has 1 aliphatic carbocycles. The molecule has 0 bridgehead atoms. The molecule has 2 aliphatic rings. The number of aliphatic hydroxyl groups is 1. The zero-order valence-electron chi connectivity index (χ0n) is 19.9. The van der Waals surface area contributed by atoms with Crippen LogP contribution in [0.25, 0.3) is 0 Å². The minimum atomic E-state index is -1.64. The molecule has 1 saturated carbocycles. The number of anilines is 1. The Hall–Kier alpha value is -3.55. The van der Waals surface area contributed by atoms with Crippen molar-refractivity contribution in [2.75, 3.05) is 5.01 Å². The summed E-state index contributed by atoms with van der Waals surface area (Å²) in [5.41, 5.74) is -1.08. The molecule has 7 nitrogen and oxygen atoms in total. The summed E-state index contributed by atoms with van der Waals surface area (Å²) >= 11 is 6.09. The van der Waals surface area contributed by atoms with Crippen molar-refractivity contribution < 1.29 is 14.8 Å². The van der Waals surface area contributed by atoms with Crippen LogP contribution in [0.15, 0.2) is 90.0 Å². The molecule has 8 heteroatoms. The molecule has 1 fully saturated rings. The van der Waals surface area contributed by atoms with Crippen LogP contribution in [0.2, 0.25) is 5.02 Å². The summed E-state index contributed by atoms with van der Waals surface area (Å²) in [5.74, 6) is -2.09. The maximum Gasteiger partial charge on any atom is 0.263 e. The lowest BCUT2D eigenvalue weighted by molar-refractivity contribution is -0.539. The van der Waals surface area contributed by atoms with E-state index in [-0.39, 0.29) is 11.3 Å². The molecule has 0 unspecified atom stereocenters. The molecule has 1 amide bonds. The van der Waals surface area contributed by atoms with Gasteiger partial charge in [0.25, 0.3) is 5.91 Å². The molecule has 36 heavy (non-hydrogen) atoms. The van der Waals surface area contributed by atoms with Crippen molar-refractivity contribution in [1.29, 1.82) is 0 Å². The van der Waals surface area contributed by atoms with Crippen molar-refractivity contribution in [2.45, 2.75) is 43.7 Å². The zero-order valence-corrected chi connectivity index (χ0v) is 20.7. The normalized spacial score (nSPS) is 29.9. The average molecular weight is 504 g/mol. The van der Waals surface area contributed by atoms with Gasteiger partial charge in [-0.1, -0.05) is 72.3 Å². The Balaban J connectivity index is 1.75. The van der Waals surface area contributed by atoms with Crippen LogP contribution in [-0.2, 0) is 4.79 Å². The van der Waals surface area contributed by atoms with E-state index in [4.69, 9.17) is 11.6 Å². The monoisotopic (exact) mass is 503 g/mol. The number of nitrogens with zero attached hydrogens (tertiary/aromatic N) is 3. The van der Waals surface area contributed by atoms with E-state index in [2.05, 4.69) is 5.10 Å². The van der Waals surface area contributed by atoms with E-state index in [1.54, 1.807) is 86.6 Å². The van der Waals surface area contributed by atoms with E-state index in [0.29, 0.717) is 27.5 Å². The van der Waals surface area contributed by atoms with E-state index in [1.165, 1.54) is 5.01 Å². The van der Waals surface area contributed by atoms with Crippen LogP contribution in [0.3, 0.4) is 0 Å². The van der Waals surface area contributed by atoms with Gasteiger partial charge in [0.15, 0.2) is 0 Å². The Kier molecular flexibility index (Phi) is 5.93. The number of halogens is 1. The number of carbonyl (C=O) groups is 1. The maximum absolute atomic E-state index is 14.4. The van der Waals surface area contributed by atoms with Crippen molar-refractivity contribution in [3.05, 3.63) is 111 Å². The van der Waals surface area contributed by atoms with Crippen LogP contribution in [-0.4, -0.2) is 33.3 Å². The van der Waals surface area contributed by atoms with Gasteiger partial charge in [-0.15, -0.1) is 0 Å². The molecule has 1 heterocycles. The molecule has 0 aromatic heterocycles. The number of amides is 1. The van der Waals surface area contributed by atoms with Gasteiger partial charge < -0.3 is 5.11 Å². The van der Waals surface area contributed by atoms with Crippen molar-refractivity contribution in [3.63, 3.8) is 0 Å². The van der Waals surface area contributed by atoms with Crippen molar-refractivity contribution in [2.24, 2.45) is 10.5 Å². The summed E-state index contributed by atoms with van der Waals surface area (Å²) in [6, 6.07) is 23.6.